The van der Waals surface area contributed by atoms with Gasteiger partial charge in [0.1, 0.15) is 25.6 Å². The van der Waals surface area contributed by atoms with Crippen LogP contribution in [0.1, 0.15) is 24.0 Å². The Bertz CT molecular complexity index is 1390. The molecule has 0 atom stereocenters. The molecule has 5 rings (SSSR count). The van der Waals surface area contributed by atoms with Gasteiger partial charge in [-0.25, -0.2) is 12.8 Å². The molecular formula is C28H30FN3O5S. The summed E-state index contributed by atoms with van der Waals surface area (Å²) in [4.78, 5) is 15.3. The highest BCUT2D eigenvalue weighted by Gasteiger charge is 2.29. The van der Waals surface area contributed by atoms with Gasteiger partial charge in [0.25, 0.3) is 10.0 Å². The number of anilines is 1. The van der Waals surface area contributed by atoms with E-state index in [4.69, 9.17) is 9.47 Å². The number of sulfonamides is 1. The van der Waals surface area contributed by atoms with E-state index < -0.39 is 28.3 Å². The Hall–Kier alpha value is -3.63. The second kappa shape index (κ2) is 11.4. The molecule has 10 heteroatoms. The van der Waals surface area contributed by atoms with E-state index in [-0.39, 0.29) is 17.1 Å². The fraction of sp³-hybridized carbons (Fsp3) is 0.321. The summed E-state index contributed by atoms with van der Waals surface area (Å²) in [6.07, 6.45) is 2.44. The molecule has 3 aromatic carbocycles. The number of carbonyl (C=O) groups excluding carboxylic acids is 1. The summed E-state index contributed by atoms with van der Waals surface area (Å²) in [6, 6.07) is 17.3. The van der Waals surface area contributed by atoms with E-state index in [9.17, 15) is 17.6 Å². The number of amides is 1. The maximum Gasteiger partial charge on any atom is 0.264 e. The highest BCUT2D eigenvalue weighted by Crippen LogP contribution is 2.34. The molecule has 1 amide bonds. The summed E-state index contributed by atoms with van der Waals surface area (Å²) in [5.74, 6) is -0.230. The van der Waals surface area contributed by atoms with Crippen molar-refractivity contribution in [1.29, 1.82) is 0 Å². The smallest absolute Gasteiger partial charge is 0.264 e. The summed E-state index contributed by atoms with van der Waals surface area (Å²) >= 11 is 0. The summed E-state index contributed by atoms with van der Waals surface area (Å²) in [6.45, 7) is 3.52. The van der Waals surface area contributed by atoms with Crippen LogP contribution >= 0.6 is 0 Å². The Kier molecular flexibility index (Phi) is 7.80. The first-order valence-corrected chi connectivity index (χ1v) is 14.1. The SMILES string of the molecule is O=C(CN(c1ccc(F)cc1)S(=O)(=O)c1ccc2c(c1)OCCO2)NCc1cccc(CN2CCCC2)c1. The van der Waals surface area contributed by atoms with E-state index in [0.29, 0.717) is 24.7 Å². The molecule has 38 heavy (non-hydrogen) atoms. The van der Waals surface area contributed by atoms with Gasteiger partial charge < -0.3 is 14.8 Å². The first kappa shape index (κ1) is 26.0. The number of likely N-dealkylation sites (tertiary alicyclic amines) is 1. The number of halogens is 1. The third-order valence-corrected chi connectivity index (χ3v) is 8.36. The van der Waals surface area contributed by atoms with Gasteiger partial charge in [-0.3, -0.25) is 14.0 Å². The summed E-state index contributed by atoms with van der Waals surface area (Å²) in [7, 11) is -4.19. The van der Waals surface area contributed by atoms with Crippen molar-refractivity contribution < 1.29 is 27.1 Å². The monoisotopic (exact) mass is 539 g/mol. The Balaban J connectivity index is 1.32. The molecule has 0 aromatic heterocycles. The van der Waals surface area contributed by atoms with E-state index in [0.717, 1.165) is 41.6 Å². The minimum absolute atomic E-state index is 0.0616. The molecule has 3 aromatic rings. The van der Waals surface area contributed by atoms with Crippen molar-refractivity contribution in [2.75, 3.05) is 37.2 Å². The number of carbonyl (C=O) groups is 1. The molecule has 0 aliphatic carbocycles. The Morgan fingerprint density at radius 3 is 2.39 bits per heavy atom. The van der Waals surface area contributed by atoms with Gasteiger partial charge in [-0.2, -0.15) is 0 Å². The van der Waals surface area contributed by atoms with Gasteiger partial charge in [0.15, 0.2) is 11.5 Å². The van der Waals surface area contributed by atoms with E-state index in [1.807, 2.05) is 12.1 Å². The van der Waals surface area contributed by atoms with Crippen LogP contribution in [0.25, 0.3) is 0 Å². The zero-order valence-electron chi connectivity index (χ0n) is 20.9. The summed E-state index contributed by atoms with van der Waals surface area (Å²) in [5.41, 5.74) is 2.27. The maximum atomic E-state index is 13.7. The van der Waals surface area contributed by atoms with Gasteiger partial charge in [-0.15, -0.1) is 0 Å². The quantitative estimate of drug-likeness (QED) is 0.446. The van der Waals surface area contributed by atoms with Gasteiger partial charge in [0, 0.05) is 19.2 Å². The average Bonchev–Trinajstić information content (AvgIpc) is 3.44. The van der Waals surface area contributed by atoms with E-state index >= 15 is 0 Å². The summed E-state index contributed by atoms with van der Waals surface area (Å²) < 4.78 is 53.0. The Morgan fingerprint density at radius 2 is 1.63 bits per heavy atom. The van der Waals surface area contributed by atoms with Gasteiger partial charge in [0.2, 0.25) is 5.91 Å². The maximum absolute atomic E-state index is 13.7. The van der Waals surface area contributed by atoms with Crippen LogP contribution in [0, 0.1) is 5.82 Å². The number of benzene rings is 3. The average molecular weight is 540 g/mol. The number of hydrogen-bond donors (Lipinski definition) is 1. The van der Waals surface area contributed by atoms with Gasteiger partial charge in [-0.05, 0) is 73.5 Å². The normalized spacial score (nSPS) is 15.3. The van der Waals surface area contributed by atoms with Crippen LogP contribution in [0.4, 0.5) is 10.1 Å². The number of hydrogen-bond acceptors (Lipinski definition) is 6. The molecular weight excluding hydrogens is 509 g/mol. The number of ether oxygens (including phenoxy) is 2. The molecule has 1 fully saturated rings. The molecule has 0 bridgehead atoms. The van der Waals surface area contributed by atoms with E-state index in [2.05, 4.69) is 22.3 Å². The molecule has 1 N–H and O–H groups in total. The number of nitrogens with zero attached hydrogens (tertiary/aromatic N) is 2. The zero-order valence-corrected chi connectivity index (χ0v) is 21.8. The Labute approximate surface area is 222 Å². The lowest BCUT2D eigenvalue weighted by Crippen LogP contribution is -2.40. The zero-order chi connectivity index (χ0) is 26.5. The van der Waals surface area contributed by atoms with E-state index in [1.54, 1.807) is 0 Å². The molecule has 2 heterocycles. The topological polar surface area (TPSA) is 88.2 Å². The predicted molar refractivity (Wildman–Crippen MR) is 141 cm³/mol. The summed E-state index contributed by atoms with van der Waals surface area (Å²) in [5, 5.41) is 2.83. The lowest BCUT2D eigenvalue weighted by molar-refractivity contribution is -0.119. The molecule has 0 radical (unpaired) electrons. The fourth-order valence-electron chi connectivity index (χ4n) is 4.66. The van der Waals surface area contributed by atoms with Gasteiger partial charge in [0.05, 0.1) is 10.6 Å². The molecule has 200 valence electrons. The lowest BCUT2D eigenvalue weighted by Gasteiger charge is -2.25. The van der Waals surface area contributed by atoms with Crippen LogP contribution in [0.15, 0.2) is 71.6 Å². The highest BCUT2D eigenvalue weighted by molar-refractivity contribution is 7.92. The predicted octanol–water partition coefficient (Wildman–Crippen LogP) is 3.70. The standard InChI is InChI=1S/C28H30FN3O5S/c29-23-6-8-24(9-7-23)32(38(34,35)25-10-11-26-27(17-25)37-15-14-36-26)20-28(33)30-18-21-4-3-5-22(16-21)19-31-12-1-2-13-31/h3-11,16-17H,1-2,12-15,18-20H2,(H,30,33). The minimum Gasteiger partial charge on any atom is -0.486 e. The fourth-order valence-corrected chi connectivity index (χ4v) is 6.09. The largest absolute Gasteiger partial charge is 0.486 e. The number of rotatable bonds is 9. The van der Waals surface area contributed by atoms with Crippen LogP contribution in [0.2, 0.25) is 0 Å². The van der Waals surface area contributed by atoms with Crippen molar-refractivity contribution in [3.8, 4) is 11.5 Å². The van der Waals surface area contributed by atoms with Crippen molar-refractivity contribution >= 4 is 21.6 Å². The van der Waals surface area contributed by atoms with Crippen LogP contribution in [0.3, 0.4) is 0 Å². The number of nitrogens with one attached hydrogen (secondary N) is 1. The molecule has 1 saturated heterocycles. The molecule has 0 unspecified atom stereocenters. The first-order valence-electron chi connectivity index (χ1n) is 12.6. The van der Waals surface area contributed by atoms with Crippen LogP contribution in [-0.2, 0) is 27.9 Å². The second-order valence-corrected chi connectivity index (χ2v) is 11.2. The van der Waals surface area contributed by atoms with Crippen molar-refractivity contribution in [3.05, 3.63) is 83.7 Å². The van der Waals surface area contributed by atoms with Crippen molar-refractivity contribution in [3.63, 3.8) is 0 Å². The van der Waals surface area contributed by atoms with Crippen molar-refractivity contribution in [1.82, 2.24) is 10.2 Å². The van der Waals surface area contributed by atoms with Crippen LogP contribution in [-0.4, -0.2) is 52.1 Å². The van der Waals surface area contributed by atoms with Gasteiger partial charge >= 0.3 is 0 Å². The molecule has 2 aliphatic heterocycles. The highest BCUT2D eigenvalue weighted by atomic mass is 32.2. The molecule has 0 saturated carbocycles. The lowest BCUT2D eigenvalue weighted by atomic mass is 10.1. The Morgan fingerprint density at radius 1 is 0.921 bits per heavy atom. The number of fused-ring (bicyclic) bond motifs is 1. The second-order valence-electron chi connectivity index (χ2n) is 9.37. The molecule has 8 nitrogen and oxygen atoms in total. The van der Waals surface area contributed by atoms with Gasteiger partial charge in [-0.1, -0.05) is 24.3 Å². The molecule has 2 aliphatic rings. The third kappa shape index (κ3) is 6.08. The van der Waals surface area contributed by atoms with E-state index in [1.165, 1.54) is 48.7 Å². The van der Waals surface area contributed by atoms with Crippen molar-refractivity contribution in [2.45, 2.75) is 30.8 Å². The minimum atomic E-state index is -4.19. The van der Waals surface area contributed by atoms with Crippen LogP contribution in [0.5, 0.6) is 11.5 Å². The van der Waals surface area contributed by atoms with Crippen LogP contribution < -0.4 is 19.1 Å². The third-order valence-electron chi connectivity index (χ3n) is 6.59. The first-order chi connectivity index (χ1) is 18.4. The van der Waals surface area contributed by atoms with Crippen molar-refractivity contribution in [2.24, 2.45) is 0 Å². The molecule has 0 spiro atoms.